The van der Waals surface area contributed by atoms with Gasteiger partial charge in [-0.05, 0) is 19.1 Å². The van der Waals surface area contributed by atoms with Gasteiger partial charge in [0.2, 0.25) is 0 Å². The first-order chi connectivity index (χ1) is 10.1. The number of amides is 2. The standard InChI is InChI=1S/C14H19N3O4/c1-2-17(12-9-21-8-11(12)13(18)19)14(20)16-7-10-5-3-4-6-15-10/h3-6,11-12H,2,7-9H2,1H3,(H,16,20)(H,18,19). The lowest BCUT2D eigenvalue weighted by molar-refractivity contribution is -0.142. The van der Waals surface area contributed by atoms with Crippen molar-refractivity contribution in [3.05, 3.63) is 30.1 Å². The van der Waals surface area contributed by atoms with E-state index in [1.165, 1.54) is 4.90 Å². The summed E-state index contributed by atoms with van der Waals surface area (Å²) in [5.41, 5.74) is 0.749. The lowest BCUT2D eigenvalue weighted by atomic mass is 10.0. The number of nitrogens with zero attached hydrogens (tertiary/aromatic N) is 2. The monoisotopic (exact) mass is 293 g/mol. The van der Waals surface area contributed by atoms with E-state index < -0.39 is 17.9 Å². The minimum atomic E-state index is -0.937. The Labute approximate surface area is 122 Å². The molecular weight excluding hydrogens is 274 g/mol. The molecule has 1 aromatic heterocycles. The average molecular weight is 293 g/mol. The predicted molar refractivity (Wildman–Crippen MR) is 74.6 cm³/mol. The van der Waals surface area contributed by atoms with Crippen LogP contribution in [-0.4, -0.2) is 52.8 Å². The Bertz CT molecular complexity index is 494. The molecule has 1 aliphatic heterocycles. The van der Waals surface area contributed by atoms with Crippen LogP contribution in [-0.2, 0) is 16.1 Å². The normalized spacial score (nSPS) is 21.0. The van der Waals surface area contributed by atoms with Crippen LogP contribution in [0.3, 0.4) is 0 Å². The number of nitrogens with one attached hydrogen (secondary N) is 1. The molecule has 2 unspecified atom stereocenters. The molecule has 7 nitrogen and oxygen atoms in total. The van der Waals surface area contributed by atoms with Crippen molar-refractivity contribution >= 4 is 12.0 Å². The van der Waals surface area contributed by atoms with Crippen molar-refractivity contribution in [1.29, 1.82) is 0 Å². The van der Waals surface area contributed by atoms with Crippen LogP contribution in [0.2, 0.25) is 0 Å². The molecule has 1 fully saturated rings. The first-order valence-corrected chi connectivity index (χ1v) is 6.88. The lowest BCUT2D eigenvalue weighted by Gasteiger charge is -2.29. The molecule has 2 amide bonds. The van der Waals surface area contributed by atoms with E-state index in [1.54, 1.807) is 12.3 Å². The quantitative estimate of drug-likeness (QED) is 0.834. The van der Waals surface area contributed by atoms with Crippen LogP contribution in [0.5, 0.6) is 0 Å². The average Bonchev–Trinajstić information content (AvgIpc) is 2.96. The number of hydrogen-bond donors (Lipinski definition) is 2. The maximum absolute atomic E-state index is 12.2. The van der Waals surface area contributed by atoms with Gasteiger partial charge in [-0.1, -0.05) is 6.07 Å². The van der Waals surface area contributed by atoms with Crippen molar-refractivity contribution in [2.75, 3.05) is 19.8 Å². The Morgan fingerprint density at radius 2 is 2.29 bits per heavy atom. The maximum Gasteiger partial charge on any atom is 0.318 e. The van der Waals surface area contributed by atoms with Crippen LogP contribution in [0.1, 0.15) is 12.6 Å². The number of ether oxygens (including phenoxy) is 1. The Hall–Kier alpha value is -2.15. The number of aromatic nitrogens is 1. The highest BCUT2D eigenvalue weighted by atomic mass is 16.5. The van der Waals surface area contributed by atoms with Gasteiger partial charge in [-0.2, -0.15) is 0 Å². The molecule has 0 spiro atoms. The number of carboxylic acid groups (broad SMARTS) is 1. The number of carboxylic acids is 1. The van der Waals surface area contributed by atoms with E-state index in [2.05, 4.69) is 10.3 Å². The van der Waals surface area contributed by atoms with Gasteiger partial charge < -0.3 is 20.1 Å². The van der Waals surface area contributed by atoms with E-state index >= 15 is 0 Å². The summed E-state index contributed by atoms with van der Waals surface area (Å²) >= 11 is 0. The summed E-state index contributed by atoms with van der Waals surface area (Å²) in [4.78, 5) is 29.1. The van der Waals surface area contributed by atoms with Crippen molar-refractivity contribution in [2.24, 2.45) is 5.92 Å². The van der Waals surface area contributed by atoms with Crippen LogP contribution >= 0.6 is 0 Å². The molecule has 2 atom stereocenters. The van der Waals surface area contributed by atoms with Crippen LogP contribution in [0, 0.1) is 5.92 Å². The summed E-state index contributed by atoms with van der Waals surface area (Å²) in [6.07, 6.45) is 1.66. The van der Waals surface area contributed by atoms with Gasteiger partial charge in [0.15, 0.2) is 0 Å². The third kappa shape index (κ3) is 3.69. The molecule has 0 saturated carbocycles. The maximum atomic E-state index is 12.2. The number of carbonyl (C=O) groups is 2. The van der Waals surface area contributed by atoms with E-state index in [0.717, 1.165) is 5.69 Å². The van der Waals surface area contributed by atoms with E-state index in [9.17, 15) is 9.59 Å². The summed E-state index contributed by atoms with van der Waals surface area (Å²) in [5.74, 6) is -1.61. The molecule has 0 bridgehead atoms. The van der Waals surface area contributed by atoms with E-state index in [4.69, 9.17) is 9.84 Å². The molecule has 114 valence electrons. The van der Waals surface area contributed by atoms with Gasteiger partial charge in [-0.15, -0.1) is 0 Å². The molecule has 21 heavy (non-hydrogen) atoms. The second-order valence-corrected chi connectivity index (χ2v) is 4.82. The van der Waals surface area contributed by atoms with Gasteiger partial charge in [-0.25, -0.2) is 4.79 Å². The molecule has 2 heterocycles. The number of urea groups is 1. The number of likely N-dealkylation sites (N-methyl/N-ethyl adjacent to an activating group) is 1. The molecular formula is C14H19N3O4. The second-order valence-electron chi connectivity index (χ2n) is 4.82. The molecule has 0 radical (unpaired) electrons. The van der Waals surface area contributed by atoms with Crippen LogP contribution < -0.4 is 5.32 Å². The second kappa shape index (κ2) is 7.03. The van der Waals surface area contributed by atoms with Crippen molar-refractivity contribution < 1.29 is 19.4 Å². The first kappa shape index (κ1) is 15.2. The molecule has 1 aliphatic rings. The van der Waals surface area contributed by atoms with Crippen LogP contribution in [0.15, 0.2) is 24.4 Å². The summed E-state index contributed by atoms with van der Waals surface area (Å²) in [5, 5.41) is 11.9. The molecule has 2 N–H and O–H groups in total. The molecule has 0 aromatic carbocycles. The van der Waals surface area contributed by atoms with Crippen LogP contribution in [0.25, 0.3) is 0 Å². The van der Waals surface area contributed by atoms with E-state index in [1.807, 2.05) is 19.1 Å². The molecule has 1 saturated heterocycles. The van der Waals surface area contributed by atoms with Gasteiger partial charge in [0.1, 0.15) is 5.92 Å². The van der Waals surface area contributed by atoms with Crippen molar-refractivity contribution in [1.82, 2.24) is 15.2 Å². The topological polar surface area (TPSA) is 91.8 Å². The summed E-state index contributed by atoms with van der Waals surface area (Å²) in [6.45, 7) is 2.94. The third-order valence-electron chi connectivity index (χ3n) is 3.52. The summed E-state index contributed by atoms with van der Waals surface area (Å²) < 4.78 is 5.21. The highest BCUT2D eigenvalue weighted by Crippen LogP contribution is 2.20. The summed E-state index contributed by atoms with van der Waals surface area (Å²) in [7, 11) is 0. The van der Waals surface area contributed by atoms with E-state index in [0.29, 0.717) is 13.1 Å². The fourth-order valence-electron chi connectivity index (χ4n) is 2.39. The zero-order chi connectivity index (χ0) is 15.2. The zero-order valence-electron chi connectivity index (χ0n) is 11.9. The van der Waals surface area contributed by atoms with Gasteiger partial charge in [0, 0.05) is 12.7 Å². The minimum Gasteiger partial charge on any atom is -0.481 e. The SMILES string of the molecule is CCN(C(=O)NCc1ccccn1)C1COCC1C(=O)O. The number of aliphatic carboxylic acids is 1. The van der Waals surface area contributed by atoms with Gasteiger partial charge in [0.25, 0.3) is 0 Å². The third-order valence-corrected chi connectivity index (χ3v) is 3.52. The molecule has 1 aromatic rings. The van der Waals surface area contributed by atoms with E-state index in [-0.39, 0.29) is 19.2 Å². The predicted octanol–water partition coefficient (Wildman–Crippen LogP) is 0.713. The fraction of sp³-hybridized carbons (Fsp3) is 0.500. The fourth-order valence-corrected chi connectivity index (χ4v) is 2.39. The Balaban J connectivity index is 1.97. The number of pyridine rings is 1. The molecule has 0 aliphatic carbocycles. The smallest absolute Gasteiger partial charge is 0.318 e. The highest BCUT2D eigenvalue weighted by Gasteiger charge is 2.39. The largest absolute Gasteiger partial charge is 0.481 e. The van der Waals surface area contributed by atoms with Crippen molar-refractivity contribution in [3.8, 4) is 0 Å². The Morgan fingerprint density at radius 1 is 1.48 bits per heavy atom. The highest BCUT2D eigenvalue weighted by molar-refractivity contribution is 5.77. The Morgan fingerprint density at radius 3 is 2.90 bits per heavy atom. The van der Waals surface area contributed by atoms with Crippen molar-refractivity contribution in [3.63, 3.8) is 0 Å². The number of carbonyl (C=O) groups excluding carboxylic acids is 1. The lowest BCUT2D eigenvalue weighted by Crippen LogP contribution is -2.50. The number of rotatable bonds is 5. The molecule has 7 heteroatoms. The van der Waals surface area contributed by atoms with Gasteiger partial charge >= 0.3 is 12.0 Å². The van der Waals surface area contributed by atoms with Gasteiger partial charge in [-0.3, -0.25) is 9.78 Å². The minimum absolute atomic E-state index is 0.143. The van der Waals surface area contributed by atoms with Crippen molar-refractivity contribution in [2.45, 2.75) is 19.5 Å². The first-order valence-electron chi connectivity index (χ1n) is 6.88. The van der Waals surface area contributed by atoms with Gasteiger partial charge in [0.05, 0.1) is 31.5 Å². The number of hydrogen-bond acceptors (Lipinski definition) is 4. The Kier molecular flexibility index (Phi) is 5.10. The summed E-state index contributed by atoms with van der Waals surface area (Å²) in [6, 6.07) is 4.73. The zero-order valence-corrected chi connectivity index (χ0v) is 11.9. The molecule has 2 rings (SSSR count). The van der Waals surface area contributed by atoms with Crippen LogP contribution in [0.4, 0.5) is 4.79 Å².